The largest absolute Gasteiger partial charge is 0.457 e. The Balaban J connectivity index is 2.26. The first-order chi connectivity index (χ1) is 12.5. The van der Waals surface area contributed by atoms with Crippen LogP contribution in [0.2, 0.25) is 0 Å². The van der Waals surface area contributed by atoms with E-state index in [9.17, 15) is 0 Å². The summed E-state index contributed by atoms with van der Waals surface area (Å²) in [4.78, 5) is 6.58. The second kappa shape index (κ2) is 9.07. The third kappa shape index (κ3) is 4.87. The van der Waals surface area contributed by atoms with Crippen molar-refractivity contribution in [3.8, 4) is 23.8 Å². The number of nitrogens with zero attached hydrogens (tertiary/aromatic N) is 2. The Kier molecular flexibility index (Phi) is 6.82. The Morgan fingerprint density at radius 3 is 2.65 bits per heavy atom. The van der Waals surface area contributed by atoms with E-state index in [-0.39, 0.29) is 6.10 Å². The molecule has 0 saturated carbocycles. The van der Waals surface area contributed by atoms with E-state index < -0.39 is 0 Å². The van der Waals surface area contributed by atoms with Crippen LogP contribution in [0.3, 0.4) is 0 Å². The number of methoxy groups -OCH3 is 1. The molecule has 2 aromatic rings. The molecule has 0 radical (unpaired) electrons. The summed E-state index contributed by atoms with van der Waals surface area (Å²) < 4.78 is 11.4. The van der Waals surface area contributed by atoms with Crippen molar-refractivity contribution in [3.63, 3.8) is 0 Å². The lowest BCUT2D eigenvalue weighted by Gasteiger charge is -2.14. The molecule has 0 aliphatic carbocycles. The minimum Gasteiger partial charge on any atom is -0.457 e. The van der Waals surface area contributed by atoms with E-state index in [2.05, 4.69) is 17.8 Å². The fourth-order valence-electron chi connectivity index (χ4n) is 2.43. The van der Waals surface area contributed by atoms with E-state index in [1.54, 1.807) is 7.11 Å². The first kappa shape index (κ1) is 19.6. The van der Waals surface area contributed by atoms with E-state index >= 15 is 0 Å². The minimum absolute atomic E-state index is 0.381. The fourth-order valence-corrected chi connectivity index (χ4v) is 2.43. The van der Waals surface area contributed by atoms with Crippen LogP contribution < -0.4 is 4.74 Å². The summed E-state index contributed by atoms with van der Waals surface area (Å²) in [6.45, 7) is 7.05. The molecule has 0 heterocycles. The number of benzene rings is 2. The van der Waals surface area contributed by atoms with Gasteiger partial charge in [0, 0.05) is 20.7 Å². The molecule has 0 fully saturated rings. The van der Waals surface area contributed by atoms with Crippen LogP contribution in [0.5, 0.6) is 11.5 Å². The maximum atomic E-state index is 6.09. The van der Waals surface area contributed by atoms with Gasteiger partial charge in [-0.2, -0.15) is 0 Å². The van der Waals surface area contributed by atoms with Crippen LogP contribution in [0.1, 0.15) is 29.7 Å². The number of ether oxygens (including phenoxy) is 2. The van der Waals surface area contributed by atoms with E-state index in [0.29, 0.717) is 0 Å². The summed E-state index contributed by atoms with van der Waals surface area (Å²) in [6, 6.07) is 11.7. The van der Waals surface area contributed by atoms with Gasteiger partial charge < -0.3 is 14.4 Å². The van der Waals surface area contributed by atoms with Gasteiger partial charge in [0.1, 0.15) is 17.6 Å². The highest BCUT2D eigenvalue weighted by Gasteiger charge is 2.10. The second-order valence-electron chi connectivity index (χ2n) is 6.18. The standard InChI is InChI=1S/C22H26N2O2/c1-7-21(25-6)18-10-9-11-19(14-18)26-22-13-16(3)20(12-17(22)4)23-15-24(5)8-2/h1,9-15,21H,8H2,2-6H3. The molecule has 0 aliphatic heterocycles. The highest BCUT2D eigenvalue weighted by atomic mass is 16.5. The van der Waals surface area contributed by atoms with Crippen molar-refractivity contribution in [1.29, 1.82) is 0 Å². The summed E-state index contributed by atoms with van der Waals surface area (Å²) in [7, 11) is 3.60. The van der Waals surface area contributed by atoms with Crippen LogP contribution in [-0.2, 0) is 4.74 Å². The van der Waals surface area contributed by atoms with Crippen LogP contribution in [0.25, 0.3) is 0 Å². The highest BCUT2D eigenvalue weighted by molar-refractivity contribution is 5.64. The predicted molar refractivity (Wildman–Crippen MR) is 107 cm³/mol. The minimum atomic E-state index is -0.381. The average molecular weight is 350 g/mol. The molecule has 2 rings (SSSR count). The van der Waals surface area contributed by atoms with Crippen molar-refractivity contribution in [2.75, 3.05) is 20.7 Å². The predicted octanol–water partition coefficient (Wildman–Crippen LogP) is 5.03. The molecule has 0 N–H and O–H groups in total. The van der Waals surface area contributed by atoms with Crippen LogP contribution >= 0.6 is 0 Å². The van der Waals surface area contributed by atoms with Gasteiger partial charge in [0.2, 0.25) is 0 Å². The molecule has 2 aromatic carbocycles. The Hall–Kier alpha value is -2.77. The van der Waals surface area contributed by atoms with E-state index in [1.165, 1.54) is 0 Å². The van der Waals surface area contributed by atoms with Crippen LogP contribution in [0.15, 0.2) is 41.4 Å². The van der Waals surface area contributed by atoms with Crippen molar-refractivity contribution in [2.24, 2.45) is 4.99 Å². The number of terminal acetylenes is 1. The Morgan fingerprint density at radius 2 is 2.00 bits per heavy atom. The number of hydrogen-bond acceptors (Lipinski definition) is 3. The lowest BCUT2D eigenvalue weighted by molar-refractivity contribution is 0.150. The SMILES string of the molecule is C#CC(OC)c1cccc(Oc2cc(C)c(N=CN(C)CC)cc2C)c1. The molecule has 0 aromatic heterocycles. The van der Waals surface area contributed by atoms with Crippen LogP contribution in [-0.4, -0.2) is 31.9 Å². The molecule has 0 aliphatic rings. The second-order valence-corrected chi connectivity index (χ2v) is 6.18. The van der Waals surface area contributed by atoms with Crippen LogP contribution in [0, 0.1) is 26.2 Å². The van der Waals surface area contributed by atoms with Gasteiger partial charge in [-0.1, -0.05) is 18.1 Å². The molecule has 4 nitrogen and oxygen atoms in total. The van der Waals surface area contributed by atoms with Gasteiger partial charge in [-0.3, -0.25) is 0 Å². The Labute approximate surface area is 156 Å². The highest BCUT2D eigenvalue weighted by Crippen LogP contribution is 2.32. The normalized spacial score (nSPS) is 12.0. The van der Waals surface area contributed by atoms with Crippen molar-refractivity contribution >= 4 is 12.0 Å². The zero-order valence-electron chi connectivity index (χ0n) is 16.1. The van der Waals surface area contributed by atoms with Gasteiger partial charge in [0.05, 0.1) is 12.0 Å². The van der Waals surface area contributed by atoms with E-state index in [1.807, 2.05) is 68.5 Å². The Bertz CT molecular complexity index is 821. The van der Waals surface area contributed by atoms with Gasteiger partial charge in [0.25, 0.3) is 0 Å². The molecule has 0 amide bonds. The topological polar surface area (TPSA) is 34.1 Å². The van der Waals surface area contributed by atoms with Crippen molar-refractivity contribution in [2.45, 2.75) is 26.9 Å². The quantitative estimate of drug-likeness (QED) is 0.399. The third-order valence-corrected chi connectivity index (χ3v) is 4.16. The first-order valence-corrected chi connectivity index (χ1v) is 8.60. The Morgan fingerprint density at radius 1 is 1.23 bits per heavy atom. The maximum Gasteiger partial charge on any atom is 0.142 e. The van der Waals surface area contributed by atoms with E-state index in [0.717, 1.165) is 40.4 Å². The molecular weight excluding hydrogens is 324 g/mol. The summed E-state index contributed by atoms with van der Waals surface area (Å²) in [5.41, 5.74) is 3.91. The molecule has 1 atom stereocenters. The molecule has 1 unspecified atom stereocenters. The third-order valence-electron chi connectivity index (χ3n) is 4.16. The summed E-state index contributed by atoms with van der Waals surface area (Å²) in [5.74, 6) is 4.15. The van der Waals surface area contributed by atoms with Gasteiger partial charge in [-0.25, -0.2) is 4.99 Å². The smallest absolute Gasteiger partial charge is 0.142 e. The van der Waals surface area contributed by atoms with Crippen molar-refractivity contribution in [1.82, 2.24) is 4.90 Å². The molecule has 26 heavy (non-hydrogen) atoms. The monoisotopic (exact) mass is 350 g/mol. The number of rotatable bonds is 7. The van der Waals surface area contributed by atoms with Gasteiger partial charge in [-0.15, -0.1) is 6.42 Å². The fraction of sp³-hybridized carbons (Fsp3) is 0.318. The lowest BCUT2D eigenvalue weighted by Crippen LogP contribution is -2.14. The molecule has 0 spiro atoms. The molecule has 4 heteroatoms. The lowest BCUT2D eigenvalue weighted by atomic mass is 10.1. The molecule has 0 bridgehead atoms. The molecular formula is C22H26N2O2. The summed E-state index contributed by atoms with van der Waals surface area (Å²) >= 11 is 0. The molecule has 0 saturated heterocycles. The zero-order valence-corrected chi connectivity index (χ0v) is 16.1. The maximum absolute atomic E-state index is 6.09. The van der Waals surface area contributed by atoms with Crippen molar-refractivity contribution < 1.29 is 9.47 Å². The average Bonchev–Trinajstić information content (AvgIpc) is 2.64. The summed E-state index contributed by atoms with van der Waals surface area (Å²) in [6.07, 6.45) is 6.97. The molecule has 136 valence electrons. The first-order valence-electron chi connectivity index (χ1n) is 8.60. The number of hydrogen-bond donors (Lipinski definition) is 0. The van der Waals surface area contributed by atoms with Crippen molar-refractivity contribution in [3.05, 3.63) is 53.1 Å². The zero-order chi connectivity index (χ0) is 19.1. The van der Waals surface area contributed by atoms with E-state index in [4.69, 9.17) is 15.9 Å². The van der Waals surface area contributed by atoms with Gasteiger partial charge in [0.15, 0.2) is 0 Å². The van der Waals surface area contributed by atoms with Gasteiger partial charge in [-0.05, 0) is 61.7 Å². The van der Waals surface area contributed by atoms with Gasteiger partial charge >= 0.3 is 0 Å². The summed E-state index contributed by atoms with van der Waals surface area (Å²) in [5, 5.41) is 0. The number of aryl methyl sites for hydroxylation is 2. The van der Waals surface area contributed by atoms with Crippen LogP contribution in [0.4, 0.5) is 5.69 Å². The number of aliphatic imine (C=N–C) groups is 1.